The van der Waals surface area contributed by atoms with E-state index in [0.717, 1.165) is 37.1 Å². The van der Waals surface area contributed by atoms with Crippen molar-refractivity contribution in [3.05, 3.63) is 65.7 Å². The molecule has 2 amide bonds. The van der Waals surface area contributed by atoms with Crippen molar-refractivity contribution >= 4 is 11.8 Å². The van der Waals surface area contributed by atoms with Gasteiger partial charge < -0.3 is 10.2 Å². The van der Waals surface area contributed by atoms with Gasteiger partial charge in [0.05, 0.1) is 12.2 Å². The summed E-state index contributed by atoms with van der Waals surface area (Å²) in [6.45, 7) is 1.54. The van der Waals surface area contributed by atoms with Crippen LogP contribution in [0.15, 0.2) is 48.7 Å². The van der Waals surface area contributed by atoms with Crippen LogP contribution in [0.5, 0.6) is 0 Å². The minimum Gasteiger partial charge on any atom is -0.350 e. The lowest BCUT2D eigenvalue weighted by molar-refractivity contribution is -0.157. The number of carbonyl (C=O) groups is 2. The van der Waals surface area contributed by atoms with Crippen molar-refractivity contribution in [1.29, 1.82) is 0 Å². The molecule has 2 N–H and O–H groups in total. The van der Waals surface area contributed by atoms with Crippen LogP contribution in [0.4, 0.5) is 4.39 Å². The molecule has 4 unspecified atom stereocenters. The number of fused-ring (bicyclic) bond motifs is 3. The number of aromatic nitrogens is 1. The fraction of sp³-hybridized carbons (Fsp3) is 0.458. The molecule has 3 fully saturated rings. The van der Waals surface area contributed by atoms with Crippen LogP contribution in [-0.4, -0.2) is 51.4 Å². The molecule has 3 heterocycles. The molecule has 1 aromatic heterocycles. The Labute approximate surface area is 187 Å². The number of hydrogen-bond acceptors (Lipinski definition) is 5. The summed E-state index contributed by atoms with van der Waals surface area (Å²) in [4.78, 5) is 32.5. The number of hydrazine groups is 1. The number of piperazine rings is 1. The predicted molar refractivity (Wildman–Crippen MR) is 116 cm³/mol. The van der Waals surface area contributed by atoms with Crippen LogP contribution in [0.1, 0.15) is 36.9 Å². The SMILES string of the molecule is O=C(NCc1ccccn1)C1CCC2C(C1)N(Cc1cccc(F)c1)C(=O)C1CCNN12. The molecular weight excluding hydrogens is 409 g/mol. The summed E-state index contributed by atoms with van der Waals surface area (Å²) in [5.41, 5.74) is 4.98. The highest BCUT2D eigenvalue weighted by Crippen LogP contribution is 2.38. The summed E-state index contributed by atoms with van der Waals surface area (Å²) >= 11 is 0. The molecule has 4 atom stereocenters. The number of benzene rings is 1. The van der Waals surface area contributed by atoms with E-state index in [-0.39, 0.29) is 41.7 Å². The van der Waals surface area contributed by atoms with Crippen molar-refractivity contribution in [2.75, 3.05) is 6.54 Å². The fourth-order valence-electron chi connectivity index (χ4n) is 5.41. The van der Waals surface area contributed by atoms with Gasteiger partial charge in [-0.25, -0.2) is 9.40 Å². The largest absolute Gasteiger partial charge is 0.350 e. The van der Waals surface area contributed by atoms with Crippen molar-refractivity contribution in [2.45, 2.75) is 56.9 Å². The Morgan fingerprint density at radius 1 is 1.16 bits per heavy atom. The second-order valence-electron chi connectivity index (χ2n) is 8.90. The molecule has 0 bridgehead atoms. The summed E-state index contributed by atoms with van der Waals surface area (Å²) in [7, 11) is 0. The third-order valence-corrected chi connectivity index (χ3v) is 6.94. The smallest absolute Gasteiger partial charge is 0.242 e. The van der Waals surface area contributed by atoms with Crippen molar-refractivity contribution in [3.63, 3.8) is 0 Å². The number of halogens is 1. The van der Waals surface area contributed by atoms with Crippen molar-refractivity contribution in [1.82, 2.24) is 25.6 Å². The maximum atomic E-state index is 13.8. The fourth-order valence-corrected chi connectivity index (χ4v) is 5.41. The molecule has 0 spiro atoms. The van der Waals surface area contributed by atoms with E-state index in [9.17, 15) is 14.0 Å². The maximum Gasteiger partial charge on any atom is 0.242 e. The van der Waals surface area contributed by atoms with Crippen LogP contribution in [-0.2, 0) is 22.7 Å². The van der Waals surface area contributed by atoms with Gasteiger partial charge in [-0.2, -0.15) is 0 Å². The molecule has 8 heteroatoms. The Morgan fingerprint density at radius 2 is 2.06 bits per heavy atom. The van der Waals surface area contributed by atoms with E-state index in [4.69, 9.17) is 0 Å². The van der Waals surface area contributed by atoms with Gasteiger partial charge in [0, 0.05) is 37.3 Å². The zero-order valence-electron chi connectivity index (χ0n) is 17.9. The van der Waals surface area contributed by atoms with E-state index in [1.165, 1.54) is 12.1 Å². The molecule has 2 saturated heterocycles. The van der Waals surface area contributed by atoms with Gasteiger partial charge in [0.25, 0.3) is 0 Å². The Morgan fingerprint density at radius 3 is 2.88 bits per heavy atom. The number of hydrogen-bond donors (Lipinski definition) is 2. The molecule has 2 aromatic rings. The number of rotatable bonds is 5. The quantitative estimate of drug-likeness (QED) is 0.748. The topological polar surface area (TPSA) is 77.6 Å². The Bertz CT molecular complexity index is 987. The second kappa shape index (κ2) is 8.96. The van der Waals surface area contributed by atoms with Crippen LogP contribution in [0.3, 0.4) is 0 Å². The lowest BCUT2D eigenvalue weighted by atomic mass is 9.78. The van der Waals surface area contributed by atoms with Crippen LogP contribution in [0, 0.1) is 11.7 Å². The van der Waals surface area contributed by atoms with Crippen LogP contribution in [0.25, 0.3) is 0 Å². The molecule has 32 heavy (non-hydrogen) atoms. The molecule has 1 saturated carbocycles. The number of pyridine rings is 1. The van der Waals surface area contributed by atoms with Gasteiger partial charge in [-0.1, -0.05) is 18.2 Å². The number of carbonyl (C=O) groups excluding carboxylic acids is 2. The van der Waals surface area contributed by atoms with E-state index in [2.05, 4.69) is 20.7 Å². The molecule has 168 valence electrons. The van der Waals surface area contributed by atoms with Gasteiger partial charge in [0.2, 0.25) is 11.8 Å². The summed E-state index contributed by atoms with van der Waals surface area (Å²) in [6, 6.07) is 11.9. The summed E-state index contributed by atoms with van der Waals surface area (Å²) in [5.74, 6) is -0.399. The first-order valence-electron chi connectivity index (χ1n) is 11.3. The molecule has 5 rings (SSSR count). The molecule has 7 nitrogen and oxygen atoms in total. The highest BCUT2D eigenvalue weighted by Gasteiger charge is 2.51. The standard InChI is InChI=1S/C24H28FN5O2/c25-18-5-3-4-16(12-18)15-29-22-13-17(23(31)27-14-19-6-1-2-10-26-19)7-8-20(22)30-21(24(29)32)9-11-28-30/h1-6,10,12,17,20-22,28H,7-9,11,13-15H2,(H,27,31). The Hall–Kier alpha value is -2.84. The van der Waals surface area contributed by atoms with Gasteiger partial charge in [0.1, 0.15) is 11.9 Å². The van der Waals surface area contributed by atoms with Crippen molar-refractivity contribution < 1.29 is 14.0 Å². The summed E-state index contributed by atoms with van der Waals surface area (Å²) < 4.78 is 13.8. The van der Waals surface area contributed by atoms with Gasteiger partial charge in [-0.05, 0) is 55.5 Å². The van der Waals surface area contributed by atoms with E-state index in [1.54, 1.807) is 12.3 Å². The summed E-state index contributed by atoms with van der Waals surface area (Å²) in [6.07, 6.45) is 4.70. The van der Waals surface area contributed by atoms with Crippen LogP contribution in [0.2, 0.25) is 0 Å². The van der Waals surface area contributed by atoms with Gasteiger partial charge in [0.15, 0.2) is 0 Å². The van der Waals surface area contributed by atoms with Gasteiger partial charge >= 0.3 is 0 Å². The molecule has 3 aliphatic rings. The monoisotopic (exact) mass is 437 g/mol. The maximum absolute atomic E-state index is 13.8. The summed E-state index contributed by atoms with van der Waals surface area (Å²) in [5, 5.41) is 5.13. The van der Waals surface area contributed by atoms with Gasteiger partial charge in [-0.15, -0.1) is 0 Å². The number of nitrogens with one attached hydrogen (secondary N) is 2. The number of nitrogens with zero attached hydrogens (tertiary/aromatic N) is 3. The number of amides is 2. The average Bonchev–Trinajstić information content (AvgIpc) is 3.31. The predicted octanol–water partition coefficient (Wildman–Crippen LogP) is 2.00. The molecule has 1 aliphatic carbocycles. The third kappa shape index (κ3) is 4.12. The zero-order chi connectivity index (χ0) is 22.1. The van der Waals surface area contributed by atoms with E-state index >= 15 is 0 Å². The van der Waals surface area contributed by atoms with E-state index in [0.29, 0.717) is 19.5 Å². The highest BCUT2D eigenvalue weighted by molar-refractivity contribution is 5.84. The van der Waals surface area contributed by atoms with Crippen molar-refractivity contribution in [3.8, 4) is 0 Å². The lowest BCUT2D eigenvalue weighted by Crippen LogP contribution is -2.68. The molecule has 2 aliphatic heterocycles. The molecular formula is C24H28FN5O2. The van der Waals surface area contributed by atoms with E-state index in [1.807, 2.05) is 29.2 Å². The van der Waals surface area contributed by atoms with Crippen LogP contribution >= 0.6 is 0 Å². The minimum atomic E-state index is -0.303. The minimum absolute atomic E-state index is 0.00348. The zero-order valence-corrected chi connectivity index (χ0v) is 17.9. The van der Waals surface area contributed by atoms with Crippen LogP contribution < -0.4 is 10.7 Å². The molecule has 1 aromatic carbocycles. The first-order chi connectivity index (χ1) is 15.6. The second-order valence-corrected chi connectivity index (χ2v) is 8.90. The highest BCUT2D eigenvalue weighted by atomic mass is 19.1. The average molecular weight is 438 g/mol. The first kappa shape index (κ1) is 21.0. The van der Waals surface area contributed by atoms with E-state index < -0.39 is 0 Å². The Kier molecular flexibility index (Phi) is 5.89. The van der Waals surface area contributed by atoms with Crippen molar-refractivity contribution in [2.24, 2.45) is 5.92 Å². The Balaban J connectivity index is 1.33. The third-order valence-electron chi connectivity index (χ3n) is 6.94. The molecule has 0 radical (unpaired) electrons. The first-order valence-corrected chi connectivity index (χ1v) is 11.3. The van der Waals surface area contributed by atoms with Gasteiger partial charge in [-0.3, -0.25) is 20.0 Å². The lowest BCUT2D eigenvalue weighted by Gasteiger charge is -2.51. The normalized spacial score (nSPS) is 27.7.